The molecule has 98 valence electrons. The van der Waals surface area contributed by atoms with Gasteiger partial charge in [0.05, 0.1) is 7.11 Å². The predicted octanol–water partition coefficient (Wildman–Crippen LogP) is 1.27. The maximum Gasteiger partial charge on any atom is 0.330 e. The van der Waals surface area contributed by atoms with E-state index < -0.39 is 5.97 Å². The van der Waals surface area contributed by atoms with Crippen LogP contribution >= 0.6 is 0 Å². The molecule has 1 aromatic rings. The number of rotatable bonds is 5. The summed E-state index contributed by atoms with van der Waals surface area (Å²) in [6.45, 7) is -0.0432. The Labute approximate surface area is 104 Å². The lowest BCUT2D eigenvalue weighted by atomic mass is 10.1. The zero-order chi connectivity index (χ0) is 13.5. The number of aromatic hydroxyl groups is 2. The minimum absolute atomic E-state index is 0.0432. The van der Waals surface area contributed by atoms with Crippen molar-refractivity contribution >= 4 is 12.0 Å². The number of ether oxygens (including phenoxy) is 3. The van der Waals surface area contributed by atoms with Crippen LogP contribution in [0.5, 0.6) is 17.2 Å². The number of hydrogen-bond acceptors (Lipinski definition) is 6. The van der Waals surface area contributed by atoms with Gasteiger partial charge in [-0.1, -0.05) is 0 Å². The fraction of sp³-hybridized carbons (Fsp3) is 0.250. The van der Waals surface area contributed by atoms with Crippen molar-refractivity contribution in [3.05, 3.63) is 23.8 Å². The molecule has 1 rings (SSSR count). The summed E-state index contributed by atoms with van der Waals surface area (Å²) < 4.78 is 14.2. The van der Waals surface area contributed by atoms with Crippen molar-refractivity contribution in [2.24, 2.45) is 0 Å². The maximum atomic E-state index is 10.9. The second-order valence-electron chi connectivity index (χ2n) is 3.29. The van der Waals surface area contributed by atoms with Crippen molar-refractivity contribution in [2.75, 3.05) is 21.0 Å². The number of esters is 1. The van der Waals surface area contributed by atoms with Crippen LogP contribution in [0, 0.1) is 0 Å². The fourth-order valence-electron chi connectivity index (χ4n) is 1.17. The highest BCUT2D eigenvalue weighted by molar-refractivity contribution is 5.87. The van der Waals surface area contributed by atoms with Gasteiger partial charge >= 0.3 is 5.97 Å². The smallest absolute Gasteiger partial charge is 0.330 e. The molecule has 0 aliphatic heterocycles. The van der Waals surface area contributed by atoms with Gasteiger partial charge in [-0.25, -0.2) is 4.79 Å². The molecule has 0 unspecified atom stereocenters. The molecule has 0 aliphatic carbocycles. The summed E-state index contributed by atoms with van der Waals surface area (Å²) in [5, 5.41) is 19.1. The van der Waals surface area contributed by atoms with Gasteiger partial charge in [0.15, 0.2) is 18.3 Å². The number of carbonyl (C=O) groups excluding carboxylic acids is 1. The molecule has 0 aliphatic rings. The molecule has 18 heavy (non-hydrogen) atoms. The zero-order valence-electron chi connectivity index (χ0n) is 10.0. The van der Waals surface area contributed by atoms with Crippen LogP contribution in [-0.2, 0) is 14.3 Å². The van der Waals surface area contributed by atoms with Crippen LogP contribution in [-0.4, -0.2) is 37.2 Å². The summed E-state index contributed by atoms with van der Waals surface area (Å²) in [7, 11) is 2.69. The van der Waals surface area contributed by atoms with Gasteiger partial charge in [0.2, 0.25) is 0 Å². The number of phenols is 2. The van der Waals surface area contributed by atoms with Crippen molar-refractivity contribution in [1.29, 1.82) is 0 Å². The number of benzene rings is 1. The summed E-state index contributed by atoms with van der Waals surface area (Å²) in [6.07, 6.45) is 2.49. The highest BCUT2D eigenvalue weighted by Crippen LogP contribution is 2.33. The van der Waals surface area contributed by atoms with E-state index >= 15 is 0 Å². The van der Waals surface area contributed by atoms with Crippen LogP contribution in [0.25, 0.3) is 6.08 Å². The average Bonchev–Trinajstić information content (AvgIpc) is 2.36. The van der Waals surface area contributed by atoms with E-state index in [4.69, 9.17) is 9.47 Å². The summed E-state index contributed by atoms with van der Waals surface area (Å²) in [4.78, 5) is 10.9. The molecule has 0 fully saturated rings. The number of carbonyl (C=O) groups is 1. The number of phenolic OH excluding ortho intramolecular Hbond substituents is 2. The Kier molecular flexibility index (Phi) is 5.01. The zero-order valence-corrected chi connectivity index (χ0v) is 10.0. The molecule has 0 saturated heterocycles. The topological polar surface area (TPSA) is 85.2 Å². The van der Waals surface area contributed by atoms with E-state index in [1.807, 2.05) is 0 Å². The number of hydrogen-bond donors (Lipinski definition) is 2. The van der Waals surface area contributed by atoms with Gasteiger partial charge in [-0.05, 0) is 12.1 Å². The van der Waals surface area contributed by atoms with E-state index in [2.05, 4.69) is 4.74 Å². The molecule has 0 atom stereocenters. The van der Waals surface area contributed by atoms with Crippen LogP contribution in [0.2, 0.25) is 0 Å². The predicted molar refractivity (Wildman–Crippen MR) is 63.3 cm³/mol. The first-order valence-electron chi connectivity index (χ1n) is 5.02. The Morgan fingerprint density at radius 1 is 1.28 bits per heavy atom. The SMILES string of the molecule is COCOc1cc(/C=C/C(=O)OC)c(O)cc1O. The molecule has 0 heterocycles. The van der Waals surface area contributed by atoms with Crippen LogP contribution < -0.4 is 4.74 Å². The van der Waals surface area contributed by atoms with Gasteiger partial charge < -0.3 is 24.4 Å². The molecule has 6 heteroatoms. The van der Waals surface area contributed by atoms with Gasteiger partial charge in [0, 0.05) is 24.8 Å². The lowest BCUT2D eigenvalue weighted by Crippen LogP contribution is -1.99. The normalized spacial score (nSPS) is 10.6. The van der Waals surface area contributed by atoms with Crippen LogP contribution in [0.4, 0.5) is 0 Å². The summed E-state index contributed by atoms with van der Waals surface area (Å²) >= 11 is 0. The van der Waals surface area contributed by atoms with E-state index in [0.29, 0.717) is 5.56 Å². The van der Waals surface area contributed by atoms with Crippen molar-refractivity contribution in [1.82, 2.24) is 0 Å². The lowest BCUT2D eigenvalue weighted by Gasteiger charge is -2.09. The lowest BCUT2D eigenvalue weighted by molar-refractivity contribution is -0.134. The summed E-state index contributed by atoms with van der Waals surface area (Å²) in [6, 6.07) is 2.49. The first-order chi connectivity index (χ1) is 8.58. The van der Waals surface area contributed by atoms with Crippen LogP contribution in [0.1, 0.15) is 5.56 Å². The second-order valence-corrected chi connectivity index (χ2v) is 3.29. The van der Waals surface area contributed by atoms with Crippen molar-refractivity contribution < 1.29 is 29.2 Å². The van der Waals surface area contributed by atoms with E-state index in [1.165, 1.54) is 26.4 Å². The first-order valence-corrected chi connectivity index (χ1v) is 5.02. The monoisotopic (exact) mass is 254 g/mol. The Balaban J connectivity index is 2.97. The van der Waals surface area contributed by atoms with Gasteiger partial charge in [-0.3, -0.25) is 0 Å². The molecule has 0 radical (unpaired) electrons. The van der Waals surface area contributed by atoms with Crippen molar-refractivity contribution in [3.63, 3.8) is 0 Å². The molecule has 0 aromatic heterocycles. The Morgan fingerprint density at radius 2 is 2.00 bits per heavy atom. The van der Waals surface area contributed by atoms with E-state index in [0.717, 1.165) is 12.1 Å². The third kappa shape index (κ3) is 3.67. The van der Waals surface area contributed by atoms with Crippen LogP contribution in [0.3, 0.4) is 0 Å². The Bertz CT molecular complexity index is 452. The van der Waals surface area contributed by atoms with E-state index in [-0.39, 0.29) is 24.0 Å². The molecule has 2 N–H and O–H groups in total. The molecular formula is C12H14O6. The van der Waals surface area contributed by atoms with Crippen molar-refractivity contribution in [3.8, 4) is 17.2 Å². The van der Waals surface area contributed by atoms with Gasteiger partial charge in [0.25, 0.3) is 0 Å². The largest absolute Gasteiger partial charge is 0.507 e. The second kappa shape index (κ2) is 6.51. The van der Waals surface area contributed by atoms with Gasteiger partial charge in [-0.15, -0.1) is 0 Å². The molecule has 0 saturated carbocycles. The van der Waals surface area contributed by atoms with Crippen molar-refractivity contribution in [2.45, 2.75) is 0 Å². The Hall–Kier alpha value is -2.21. The number of methoxy groups -OCH3 is 2. The Morgan fingerprint density at radius 3 is 2.61 bits per heavy atom. The van der Waals surface area contributed by atoms with E-state index in [9.17, 15) is 15.0 Å². The molecule has 0 amide bonds. The minimum atomic E-state index is -0.554. The third-order valence-corrected chi connectivity index (χ3v) is 2.04. The first kappa shape index (κ1) is 13.9. The highest BCUT2D eigenvalue weighted by Gasteiger charge is 2.08. The standard InChI is InChI=1S/C12H14O6/c1-16-7-18-11-5-8(3-4-12(15)17-2)9(13)6-10(11)14/h3-6,13-14H,7H2,1-2H3/b4-3+. The van der Waals surface area contributed by atoms with E-state index in [1.54, 1.807) is 0 Å². The summed E-state index contributed by atoms with van der Waals surface area (Å²) in [5.41, 5.74) is 0.310. The third-order valence-electron chi connectivity index (χ3n) is 2.04. The minimum Gasteiger partial charge on any atom is -0.507 e. The van der Waals surface area contributed by atoms with Crippen LogP contribution in [0.15, 0.2) is 18.2 Å². The van der Waals surface area contributed by atoms with Gasteiger partial charge in [0.1, 0.15) is 5.75 Å². The maximum absolute atomic E-state index is 10.9. The molecule has 6 nitrogen and oxygen atoms in total. The van der Waals surface area contributed by atoms with Gasteiger partial charge in [-0.2, -0.15) is 0 Å². The average molecular weight is 254 g/mol. The molecular weight excluding hydrogens is 240 g/mol. The molecule has 0 bridgehead atoms. The summed E-state index contributed by atoms with van der Waals surface area (Å²) in [5.74, 6) is -0.821. The molecule has 0 spiro atoms. The molecule has 1 aromatic carbocycles. The quantitative estimate of drug-likeness (QED) is 0.467. The fourth-order valence-corrected chi connectivity index (χ4v) is 1.17. The highest BCUT2D eigenvalue weighted by atomic mass is 16.7.